The maximum Gasteiger partial charge on any atom is 0.110 e. The van der Waals surface area contributed by atoms with Gasteiger partial charge in [-0.3, -0.25) is 0 Å². The van der Waals surface area contributed by atoms with Crippen LogP contribution in [0.5, 0.6) is 0 Å². The first-order chi connectivity index (χ1) is 4.37. The predicted octanol–water partition coefficient (Wildman–Crippen LogP) is 0.690. The molecule has 1 aliphatic heterocycles. The topological polar surface area (TPSA) is 32.8 Å². The Morgan fingerprint density at radius 2 is 2.11 bits per heavy atom. The molecule has 9 heavy (non-hydrogen) atoms. The lowest BCUT2D eigenvalue weighted by Crippen LogP contribution is -2.11. The van der Waals surface area contributed by atoms with Gasteiger partial charge in [0.25, 0.3) is 0 Å². The van der Waals surface area contributed by atoms with E-state index in [1.54, 1.807) is 0 Å². The number of rotatable bonds is 1. The van der Waals surface area contributed by atoms with Crippen molar-refractivity contribution in [1.29, 1.82) is 0 Å². The Balaban J connectivity index is 1.97. The van der Waals surface area contributed by atoms with Gasteiger partial charge in [0.2, 0.25) is 0 Å². The lowest BCUT2D eigenvalue weighted by atomic mass is 10.1. The molecule has 1 N–H and O–H groups in total. The van der Waals surface area contributed by atoms with E-state index in [9.17, 15) is 0 Å². The summed E-state index contributed by atoms with van der Waals surface area (Å²) in [5.41, 5.74) is 0.161. The quantitative estimate of drug-likeness (QED) is 0.527. The summed E-state index contributed by atoms with van der Waals surface area (Å²) in [7, 11) is 0. The highest BCUT2D eigenvalue weighted by molar-refractivity contribution is 5.05. The molecule has 1 aliphatic carbocycles. The molecular formula is C7H12O2. The number of aliphatic hydroxyl groups is 1. The Morgan fingerprint density at radius 1 is 1.44 bits per heavy atom. The number of aliphatic hydroxyl groups excluding tert-OH is 1. The highest BCUT2D eigenvalue weighted by Crippen LogP contribution is 2.49. The number of ether oxygens (including phenoxy) is 1. The first-order valence-electron chi connectivity index (χ1n) is 3.66. The fourth-order valence-electron chi connectivity index (χ4n) is 1.87. The number of hydrogen-bond acceptors (Lipinski definition) is 2. The van der Waals surface area contributed by atoms with Crippen LogP contribution in [0.2, 0.25) is 0 Å². The molecule has 1 atom stereocenters. The van der Waals surface area contributed by atoms with Crippen molar-refractivity contribution >= 4 is 0 Å². The van der Waals surface area contributed by atoms with E-state index in [1.807, 2.05) is 0 Å². The van der Waals surface area contributed by atoms with Gasteiger partial charge in [-0.25, -0.2) is 0 Å². The van der Waals surface area contributed by atoms with Gasteiger partial charge in [0.15, 0.2) is 0 Å². The summed E-state index contributed by atoms with van der Waals surface area (Å²) >= 11 is 0. The average Bonchev–Trinajstić information content (AvgIpc) is 2.30. The second kappa shape index (κ2) is 1.70. The first-order valence-corrected chi connectivity index (χ1v) is 3.66. The van der Waals surface area contributed by atoms with Crippen LogP contribution >= 0.6 is 0 Å². The van der Waals surface area contributed by atoms with E-state index < -0.39 is 0 Å². The molecule has 2 fully saturated rings. The first kappa shape index (κ1) is 5.69. The minimum atomic E-state index is 0.161. The van der Waals surface area contributed by atoms with E-state index in [4.69, 9.17) is 9.84 Å². The van der Waals surface area contributed by atoms with Gasteiger partial charge >= 0.3 is 0 Å². The zero-order chi connectivity index (χ0) is 6.32. The fraction of sp³-hybridized carbons (Fsp3) is 1.00. The molecular weight excluding hydrogens is 116 g/mol. The zero-order valence-electron chi connectivity index (χ0n) is 5.47. The van der Waals surface area contributed by atoms with Gasteiger partial charge in [0.05, 0.1) is 12.2 Å². The molecule has 0 amide bonds. The van der Waals surface area contributed by atoms with Crippen molar-refractivity contribution in [3.63, 3.8) is 0 Å². The number of hydrogen-bond donors (Lipinski definition) is 1. The van der Waals surface area contributed by atoms with Crippen LogP contribution < -0.4 is 0 Å². The molecule has 2 heteroatoms. The smallest absolute Gasteiger partial charge is 0.110 e. The third-order valence-corrected chi connectivity index (χ3v) is 2.52. The van der Waals surface area contributed by atoms with E-state index in [-0.39, 0.29) is 18.3 Å². The molecule has 1 unspecified atom stereocenters. The molecule has 2 nitrogen and oxygen atoms in total. The lowest BCUT2D eigenvalue weighted by Gasteiger charge is -1.97. The fourth-order valence-corrected chi connectivity index (χ4v) is 1.87. The molecule has 2 rings (SSSR count). The van der Waals surface area contributed by atoms with Gasteiger partial charge in [0, 0.05) is 0 Å². The Morgan fingerprint density at radius 3 is 2.56 bits per heavy atom. The Hall–Kier alpha value is -0.0800. The highest BCUT2D eigenvalue weighted by atomic mass is 16.6. The van der Waals surface area contributed by atoms with Crippen LogP contribution in [-0.2, 0) is 4.74 Å². The van der Waals surface area contributed by atoms with Crippen LogP contribution in [0.15, 0.2) is 0 Å². The van der Waals surface area contributed by atoms with E-state index in [2.05, 4.69) is 0 Å². The van der Waals surface area contributed by atoms with Crippen molar-refractivity contribution in [2.75, 3.05) is 6.61 Å². The largest absolute Gasteiger partial charge is 0.394 e. The summed E-state index contributed by atoms with van der Waals surface area (Å²) in [5.74, 6) is 0. The second-order valence-corrected chi connectivity index (χ2v) is 3.06. The highest BCUT2D eigenvalue weighted by Gasteiger charge is 2.56. The van der Waals surface area contributed by atoms with Crippen molar-refractivity contribution in [2.45, 2.75) is 37.4 Å². The van der Waals surface area contributed by atoms with Crippen LogP contribution in [0.4, 0.5) is 0 Å². The Bertz CT molecular complexity index is 116. The SMILES string of the molecule is OCC1OC12CCCC2. The van der Waals surface area contributed by atoms with Crippen molar-refractivity contribution in [2.24, 2.45) is 0 Å². The van der Waals surface area contributed by atoms with Crippen molar-refractivity contribution in [1.82, 2.24) is 0 Å². The van der Waals surface area contributed by atoms with Gasteiger partial charge in [-0.15, -0.1) is 0 Å². The summed E-state index contributed by atoms with van der Waals surface area (Å²) < 4.78 is 5.36. The molecule has 0 aromatic heterocycles. The van der Waals surface area contributed by atoms with Crippen molar-refractivity contribution in [3.8, 4) is 0 Å². The third-order valence-electron chi connectivity index (χ3n) is 2.52. The zero-order valence-corrected chi connectivity index (χ0v) is 5.47. The standard InChI is InChI=1S/C7H12O2/c8-5-6-7(9-6)3-1-2-4-7/h6,8H,1-5H2. The van der Waals surface area contributed by atoms with E-state index >= 15 is 0 Å². The van der Waals surface area contributed by atoms with E-state index in [0.717, 1.165) is 0 Å². The van der Waals surface area contributed by atoms with Crippen LogP contribution in [0.3, 0.4) is 0 Å². The van der Waals surface area contributed by atoms with Gasteiger partial charge in [-0.1, -0.05) is 12.8 Å². The predicted molar refractivity (Wildman–Crippen MR) is 33.2 cm³/mol. The molecule has 1 spiro atoms. The molecule has 0 aromatic rings. The van der Waals surface area contributed by atoms with Gasteiger partial charge in [-0.05, 0) is 12.8 Å². The number of epoxide rings is 1. The maximum atomic E-state index is 8.71. The van der Waals surface area contributed by atoms with Crippen LogP contribution in [0.1, 0.15) is 25.7 Å². The van der Waals surface area contributed by atoms with Gasteiger partial charge in [-0.2, -0.15) is 0 Å². The molecule has 0 aromatic carbocycles. The normalized spacial score (nSPS) is 37.7. The molecule has 1 saturated carbocycles. The summed E-state index contributed by atoms with van der Waals surface area (Å²) in [4.78, 5) is 0. The molecule has 1 heterocycles. The van der Waals surface area contributed by atoms with Crippen molar-refractivity contribution in [3.05, 3.63) is 0 Å². The second-order valence-electron chi connectivity index (χ2n) is 3.06. The Labute approximate surface area is 54.8 Å². The summed E-state index contributed by atoms with van der Waals surface area (Å²) in [6.07, 6.45) is 5.13. The summed E-state index contributed by atoms with van der Waals surface area (Å²) in [6.45, 7) is 0.222. The van der Waals surface area contributed by atoms with Crippen LogP contribution in [-0.4, -0.2) is 23.4 Å². The molecule has 52 valence electrons. The van der Waals surface area contributed by atoms with Gasteiger partial charge < -0.3 is 9.84 Å². The summed E-state index contributed by atoms with van der Waals surface area (Å²) in [5, 5.41) is 8.71. The molecule has 1 saturated heterocycles. The van der Waals surface area contributed by atoms with E-state index in [1.165, 1.54) is 25.7 Å². The maximum absolute atomic E-state index is 8.71. The lowest BCUT2D eigenvalue weighted by molar-refractivity contribution is 0.235. The molecule has 0 radical (unpaired) electrons. The van der Waals surface area contributed by atoms with Crippen LogP contribution in [0.25, 0.3) is 0 Å². The summed E-state index contributed by atoms with van der Waals surface area (Å²) in [6, 6.07) is 0. The molecule has 2 aliphatic rings. The third kappa shape index (κ3) is 0.700. The average molecular weight is 128 g/mol. The van der Waals surface area contributed by atoms with E-state index in [0.29, 0.717) is 0 Å². The van der Waals surface area contributed by atoms with Gasteiger partial charge in [0.1, 0.15) is 6.10 Å². The molecule has 0 bridgehead atoms. The minimum absolute atomic E-state index is 0.161. The minimum Gasteiger partial charge on any atom is -0.394 e. The van der Waals surface area contributed by atoms with Crippen molar-refractivity contribution < 1.29 is 9.84 Å². The van der Waals surface area contributed by atoms with Crippen LogP contribution in [0, 0.1) is 0 Å². The Kier molecular flexibility index (Phi) is 1.08. The monoisotopic (exact) mass is 128 g/mol.